The van der Waals surface area contributed by atoms with Crippen molar-refractivity contribution in [2.45, 2.75) is 39.6 Å². The highest BCUT2D eigenvalue weighted by atomic mass is 16.6. The predicted molar refractivity (Wildman–Crippen MR) is 50.0 cm³/mol. The molecule has 5 heteroatoms. The second-order valence-electron chi connectivity index (χ2n) is 4.15. The van der Waals surface area contributed by atoms with Crippen LogP contribution in [0.1, 0.15) is 27.7 Å². The number of carbonyl (C=O) groups excluding carboxylic acids is 1. The Kier molecular flexibility index (Phi) is 4.43. The molecule has 0 bridgehead atoms. The molecule has 0 aromatic carbocycles. The lowest BCUT2D eigenvalue weighted by Gasteiger charge is -2.22. The Hall–Kier alpha value is -0.545. The van der Waals surface area contributed by atoms with Gasteiger partial charge in [0.2, 0.25) is 0 Å². The number of carbonyl (C=O) groups is 1. The summed E-state index contributed by atoms with van der Waals surface area (Å²) in [5, 5.41) is 17.2. The minimum atomic E-state index is -1.46. The van der Waals surface area contributed by atoms with Gasteiger partial charge in [-0.05, 0) is 27.1 Å². The van der Waals surface area contributed by atoms with E-state index in [4.69, 9.17) is 14.8 Å². The Morgan fingerprint density at radius 3 is 2.23 bits per heavy atom. The molecule has 0 amide bonds. The molecule has 4 nitrogen and oxygen atoms in total. The second kappa shape index (κ2) is 4.62. The fourth-order valence-electron chi connectivity index (χ4n) is 0.815. The van der Waals surface area contributed by atoms with Crippen LogP contribution in [0.5, 0.6) is 0 Å². The lowest BCUT2D eigenvalue weighted by molar-refractivity contribution is -0.158. The molecule has 0 saturated heterocycles. The molecule has 2 N–H and O–H groups in total. The normalized spacial score (nSPS) is 13.7. The minimum absolute atomic E-state index is 0.00884. The van der Waals surface area contributed by atoms with E-state index in [2.05, 4.69) is 0 Å². The highest BCUT2D eigenvalue weighted by Gasteiger charge is 2.24. The summed E-state index contributed by atoms with van der Waals surface area (Å²) in [5.74, 6) is -0.889. The molecule has 0 rings (SSSR count). The number of ether oxygens (including phenoxy) is 1. The van der Waals surface area contributed by atoms with Crippen LogP contribution in [-0.2, 0) is 9.53 Å². The highest BCUT2D eigenvalue weighted by Crippen LogP contribution is 2.13. The van der Waals surface area contributed by atoms with E-state index in [0.29, 0.717) is 0 Å². The maximum atomic E-state index is 11.2. The van der Waals surface area contributed by atoms with Gasteiger partial charge in [-0.25, -0.2) is 0 Å². The van der Waals surface area contributed by atoms with Crippen molar-refractivity contribution >= 4 is 13.1 Å². The van der Waals surface area contributed by atoms with E-state index in [1.807, 2.05) is 0 Å². The second-order valence-corrected chi connectivity index (χ2v) is 4.15. The third-order valence-corrected chi connectivity index (χ3v) is 1.37. The first-order valence-electron chi connectivity index (χ1n) is 4.31. The number of hydrogen-bond acceptors (Lipinski definition) is 4. The molecule has 1 atom stereocenters. The summed E-state index contributed by atoms with van der Waals surface area (Å²) >= 11 is 0. The van der Waals surface area contributed by atoms with E-state index >= 15 is 0 Å². The molecular weight excluding hydrogens is 171 g/mol. The van der Waals surface area contributed by atoms with Gasteiger partial charge in [0.05, 0.1) is 5.92 Å². The van der Waals surface area contributed by atoms with Gasteiger partial charge in [-0.15, -0.1) is 0 Å². The van der Waals surface area contributed by atoms with Crippen molar-refractivity contribution in [2.75, 3.05) is 0 Å². The zero-order chi connectivity index (χ0) is 10.6. The van der Waals surface area contributed by atoms with E-state index in [9.17, 15) is 4.79 Å². The van der Waals surface area contributed by atoms with Gasteiger partial charge >= 0.3 is 13.1 Å². The molecule has 0 saturated carbocycles. The molecule has 0 heterocycles. The van der Waals surface area contributed by atoms with Crippen LogP contribution in [-0.4, -0.2) is 28.7 Å². The Morgan fingerprint density at radius 1 is 1.46 bits per heavy atom. The van der Waals surface area contributed by atoms with Crippen molar-refractivity contribution in [1.82, 2.24) is 0 Å². The highest BCUT2D eigenvalue weighted by molar-refractivity contribution is 6.41. The van der Waals surface area contributed by atoms with Gasteiger partial charge in [0.1, 0.15) is 5.60 Å². The molecule has 13 heavy (non-hydrogen) atoms. The first-order chi connectivity index (χ1) is 5.72. The first-order valence-corrected chi connectivity index (χ1v) is 4.31. The van der Waals surface area contributed by atoms with Crippen molar-refractivity contribution in [3.8, 4) is 0 Å². The summed E-state index contributed by atoms with van der Waals surface area (Å²) in [6.45, 7) is 6.92. The molecule has 0 spiro atoms. The Balaban J connectivity index is 3.97. The van der Waals surface area contributed by atoms with Gasteiger partial charge in [0, 0.05) is 0 Å². The van der Waals surface area contributed by atoms with Crippen LogP contribution < -0.4 is 0 Å². The zero-order valence-electron chi connectivity index (χ0n) is 8.57. The lowest BCUT2D eigenvalue weighted by Crippen LogP contribution is -2.29. The molecular formula is C8H17BO4. The fraction of sp³-hybridized carbons (Fsp3) is 0.875. The van der Waals surface area contributed by atoms with Crippen molar-refractivity contribution in [1.29, 1.82) is 0 Å². The van der Waals surface area contributed by atoms with Gasteiger partial charge < -0.3 is 14.8 Å². The summed E-state index contributed by atoms with van der Waals surface area (Å²) in [5.41, 5.74) is -0.522. The average molecular weight is 188 g/mol. The summed E-state index contributed by atoms with van der Waals surface area (Å²) in [6.07, 6.45) is 0.00884. The SMILES string of the molecule is CC(CB(O)O)C(=O)OC(C)(C)C. The fourth-order valence-corrected chi connectivity index (χ4v) is 0.815. The number of rotatable bonds is 3. The van der Waals surface area contributed by atoms with Gasteiger partial charge in [0.15, 0.2) is 0 Å². The minimum Gasteiger partial charge on any atom is -0.460 e. The van der Waals surface area contributed by atoms with Gasteiger partial charge in [-0.3, -0.25) is 4.79 Å². The van der Waals surface area contributed by atoms with E-state index < -0.39 is 24.6 Å². The third-order valence-electron chi connectivity index (χ3n) is 1.37. The lowest BCUT2D eigenvalue weighted by atomic mass is 9.79. The Labute approximate surface area is 79.0 Å². The van der Waals surface area contributed by atoms with E-state index in [-0.39, 0.29) is 6.32 Å². The summed E-state index contributed by atoms with van der Waals surface area (Å²) < 4.78 is 5.04. The average Bonchev–Trinajstić information content (AvgIpc) is 1.81. The number of hydrogen-bond donors (Lipinski definition) is 2. The van der Waals surface area contributed by atoms with Crippen molar-refractivity contribution in [3.63, 3.8) is 0 Å². The molecule has 0 aliphatic carbocycles. The van der Waals surface area contributed by atoms with Crippen LogP contribution in [0.4, 0.5) is 0 Å². The first kappa shape index (κ1) is 12.5. The third kappa shape index (κ3) is 6.60. The largest absolute Gasteiger partial charge is 0.460 e. The standard InChI is InChI=1S/C8H17BO4/c1-6(5-9(11)12)7(10)13-8(2,3)4/h6,11-12H,5H2,1-4H3. The van der Waals surface area contributed by atoms with Crippen molar-refractivity contribution in [2.24, 2.45) is 5.92 Å². The van der Waals surface area contributed by atoms with Crippen LogP contribution in [0, 0.1) is 5.92 Å². The smallest absolute Gasteiger partial charge is 0.452 e. The van der Waals surface area contributed by atoms with Crippen LogP contribution >= 0.6 is 0 Å². The van der Waals surface area contributed by atoms with Crippen LogP contribution in [0.15, 0.2) is 0 Å². The van der Waals surface area contributed by atoms with Gasteiger partial charge in [-0.1, -0.05) is 6.92 Å². The summed E-state index contributed by atoms with van der Waals surface area (Å²) in [4.78, 5) is 11.2. The van der Waals surface area contributed by atoms with Crippen LogP contribution in [0.2, 0.25) is 6.32 Å². The summed E-state index contributed by atoms with van der Waals surface area (Å²) in [6, 6.07) is 0. The predicted octanol–water partition coefficient (Wildman–Crippen LogP) is 0.437. The van der Waals surface area contributed by atoms with E-state index in [1.54, 1.807) is 27.7 Å². The van der Waals surface area contributed by atoms with E-state index in [1.165, 1.54) is 0 Å². The molecule has 0 fully saturated rings. The quantitative estimate of drug-likeness (QED) is 0.498. The molecule has 76 valence electrons. The van der Waals surface area contributed by atoms with Crippen molar-refractivity contribution < 1.29 is 19.6 Å². The van der Waals surface area contributed by atoms with Crippen LogP contribution in [0.25, 0.3) is 0 Å². The molecule has 0 aromatic rings. The maximum Gasteiger partial charge on any atom is 0.452 e. The van der Waals surface area contributed by atoms with Crippen molar-refractivity contribution in [3.05, 3.63) is 0 Å². The van der Waals surface area contributed by atoms with Gasteiger partial charge in [-0.2, -0.15) is 0 Å². The molecule has 0 aliphatic rings. The number of esters is 1. The zero-order valence-corrected chi connectivity index (χ0v) is 8.57. The van der Waals surface area contributed by atoms with Crippen LogP contribution in [0.3, 0.4) is 0 Å². The molecule has 0 aliphatic heterocycles. The topological polar surface area (TPSA) is 66.8 Å². The Bertz CT molecular complexity index is 173. The molecule has 0 radical (unpaired) electrons. The van der Waals surface area contributed by atoms with Gasteiger partial charge in [0.25, 0.3) is 0 Å². The Morgan fingerprint density at radius 2 is 1.92 bits per heavy atom. The monoisotopic (exact) mass is 188 g/mol. The molecule has 0 aromatic heterocycles. The molecule has 1 unspecified atom stereocenters. The van der Waals surface area contributed by atoms with E-state index in [0.717, 1.165) is 0 Å². The summed E-state index contributed by atoms with van der Waals surface area (Å²) in [7, 11) is -1.46. The maximum absolute atomic E-state index is 11.2.